The topological polar surface area (TPSA) is 93.8 Å². The minimum absolute atomic E-state index is 0.0706. The summed E-state index contributed by atoms with van der Waals surface area (Å²) < 4.78 is 15.3. The fraction of sp³-hybridized carbons (Fsp3) is 0.375. The van der Waals surface area contributed by atoms with Crippen molar-refractivity contribution < 1.29 is 23.9 Å². The molecule has 7 heteroatoms. The zero-order valence-corrected chi connectivity index (χ0v) is 13.1. The molecule has 0 aliphatic heterocycles. The van der Waals surface area contributed by atoms with Gasteiger partial charge in [-0.05, 0) is 24.6 Å². The molecule has 124 valence electrons. The van der Waals surface area contributed by atoms with E-state index in [1.807, 2.05) is 24.3 Å². The number of rotatable bonds is 8. The Kier molecular flexibility index (Phi) is 6.13. The number of ether oxygens (including phenoxy) is 2. The summed E-state index contributed by atoms with van der Waals surface area (Å²) in [5, 5.41) is 16.0. The van der Waals surface area contributed by atoms with Crippen LogP contribution in [0, 0.1) is 6.92 Å². The van der Waals surface area contributed by atoms with Gasteiger partial charge in [0, 0.05) is 12.6 Å². The molecule has 1 heterocycles. The molecule has 0 fully saturated rings. The number of aliphatic hydroxyl groups excluding tert-OH is 1. The molecule has 23 heavy (non-hydrogen) atoms. The fourth-order valence-electron chi connectivity index (χ4n) is 1.86. The molecule has 0 spiro atoms. The minimum atomic E-state index is -0.804. The van der Waals surface area contributed by atoms with Crippen LogP contribution in [0.1, 0.15) is 21.8 Å². The summed E-state index contributed by atoms with van der Waals surface area (Å²) in [6, 6.07) is 8.99. The second kappa shape index (κ2) is 8.30. The highest BCUT2D eigenvalue weighted by atomic mass is 16.5. The van der Waals surface area contributed by atoms with Gasteiger partial charge in [-0.1, -0.05) is 17.3 Å². The lowest BCUT2D eigenvalue weighted by Crippen LogP contribution is -2.34. The Morgan fingerprint density at radius 1 is 1.39 bits per heavy atom. The highest BCUT2D eigenvalue weighted by Gasteiger charge is 2.13. The average molecular weight is 320 g/mol. The van der Waals surface area contributed by atoms with Gasteiger partial charge < -0.3 is 24.4 Å². The molecule has 2 N–H and O–H groups in total. The molecule has 2 aromatic rings. The first-order valence-electron chi connectivity index (χ1n) is 7.18. The molecule has 0 bridgehead atoms. The maximum Gasteiger partial charge on any atom is 0.289 e. The van der Waals surface area contributed by atoms with Crippen LogP contribution in [0.15, 0.2) is 34.9 Å². The summed E-state index contributed by atoms with van der Waals surface area (Å²) in [5.74, 6) is 0.479. The predicted molar refractivity (Wildman–Crippen MR) is 82.2 cm³/mol. The van der Waals surface area contributed by atoms with Gasteiger partial charge in [0.05, 0.1) is 32.1 Å². The van der Waals surface area contributed by atoms with E-state index in [-0.39, 0.29) is 18.9 Å². The van der Waals surface area contributed by atoms with E-state index in [0.717, 1.165) is 11.3 Å². The molecule has 0 aliphatic rings. The van der Waals surface area contributed by atoms with Gasteiger partial charge in [0.2, 0.25) is 5.76 Å². The van der Waals surface area contributed by atoms with Gasteiger partial charge in [0.15, 0.2) is 0 Å². The van der Waals surface area contributed by atoms with Gasteiger partial charge in [-0.3, -0.25) is 4.79 Å². The number of carbonyl (C=O) groups is 1. The van der Waals surface area contributed by atoms with E-state index >= 15 is 0 Å². The molecule has 0 radical (unpaired) electrons. The van der Waals surface area contributed by atoms with Gasteiger partial charge in [-0.25, -0.2) is 0 Å². The molecule has 0 aliphatic carbocycles. The summed E-state index contributed by atoms with van der Waals surface area (Å²) in [7, 11) is 1.61. The van der Waals surface area contributed by atoms with Crippen molar-refractivity contribution in [3.8, 4) is 5.75 Å². The van der Waals surface area contributed by atoms with Crippen molar-refractivity contribution >= 4 is 5.91 Å². The molecular weight excluding hydrogens is 300 g/mol. The van der Waals surface area contributed by atoms with Crippen molar-refractivity contribution in [1.29, 1.82) is 0 Å². The third-order valence-corrected chi connectivity index (χ3v) is 3.09. The largest absolute Gasteiger partial charge is 0.497 e. The highest BCUT2D eigenvalue weighted by molar-refractivity contribution is 5.91. The Morgan fingerprint density at radius 2 is 2.13 bits per heavy atom. The number of nitrogens with one attached hydrogen (secondary N) is 1. The number of carbonyl (C=O) groups excluding carboxylic acids is 1. The van der Waals surface area contributed by atoms with Crippen LogP contribution in [0.4, 0.5) is 0 Å². The number of hydrogen-bond donors (Lipinski definition) is 2. The summed E-state index contributed by atoms with van der Waals surface area (Å²) >= 11 is 0. The number of amides is 1. The van der Waals surface area contributed by atoms with Crippen molar-refractivity contribution in [1.82, 2.24) is 10.5 Å². The van der Waals surface area contributed by atoms with Gasteiger partial charge in [-0.2, -0.15) is 0 Å². The second-order valence-corrected chi connectivity index (χ2v) is 5.06. The molecular formula is C16H20N2O5. The Morgan fingerprint density at radius 3 is 2.74 bits per heavy atom. The monoisotopic (exact) mass is 320 g/mol. The molecule has 0 saturated heterocycles. The predicted octanol–water partition coefficient (Wildman–Crippen LogP) is 1.30. The van der Waals surface area contributed by atoms with E-state index in [9.17, 15) is 9.90 Å². The number of nitrogens with zero attached hydrogens (tertiary/aromatic N) is 1. The first-order chi connectivity index (χ1) is 11.1. The molecule has 1 atom stereocenters. The van der Waals surface area contributed by atoms with Crippen molar-refractivity contribution in [3.05, 3.63) is 47.3 Å². The number of hydrogen-bond acceptors (Lipinski definition) is 6. The quantitative estimate of drug-likeness (QED) is 0.761. The lowest BCUT2D eigenvalue weighted by atomic mass is 10.2. The molecule has 0 saturated carbocycles. The summed E-state index contributed by atoms with van der Waals surface area (Å²) in [4.78, 5) is 11.7. The van der Waals surface area contributed by atoms with Crippen molar-refractivity contribution in [3.63, 3.8) is 0 Å². The third-order valence-electron chi connectivity index (χ3n) is 3.09. The van der Waals surface area contributed by atoms with E-state index in [1.54, 1.807) is 14.0 Å². The lowest BCUT2D eigenvalue weighted by Gasteiger charge is -2.12. The number of aliphatic hydroxyl groups is 1. The minimum Gasteiger partial charge on any atom is -0.497 e. The standard InChI is InChI=1S/C16H20N2O5/c1-11-7-15(23-18-11)16(20)17-8-13(19)10-22-9-12-3-5-14(21-2)6-4-12/h3-7,13,19H,8-10H2,1-2H3,(H,17,20). The summed E-state index contributed by atoms with van der Waals surface area (Å²) in [6.45, 7) is 2.28. The zero-order chi connectivity index (χ0) is 16.7. The zero-order valence-electron chi connectivity index (χ0n) is 13.1. The number of aryl methyl sites for hydroxylation is 1. The van der Waals surface area contributed by atoms with Crippen LogP contribution in [0.3, 0.4) is 0 Å². The Bertz CT molecular complexity index is 624. The smallest absolute Gasteiger partial charge is 0.289 e. The Balaban J connectivity index is 1.66. The molecule has 1 aromatic carbocycles. The molecule has 7 nitrogen and oxygen atoms in total. The van der Waals surface area contributed by atoms with Crippen molar-refractivity contribution in [2.75, 3.05) is 20.3 Å². The fourth-order valence-corrected chi connectivity index (χ4v) is 1.86. The van der Waals surface area contributed by atoms with E-state index < -0.39 is 12.0 Å². The normalized spacial score (nSPS) is 12.0. The summed E-state index contributed by atoms with van der Waals surface area (Å²) in [6.07, 6.45) is -0.804. The van der Waals surface area contributed by atoms with Crippen LogP contribution >= 0.6 is 0 Å². The van der Waals surface area contributed by atoms with E-state index in [4.69, 9.17) is 14.0 Å². The van der Waals surface area contributed by atoms with Crippen LogP contribution in [0.2, 0.25) is 0 Å². The highest BCUT2D eigenvalue weighted by Crippen LogP contribution is 2.12. The van der Waals surface area contributed by atoms with Crippen molar-refractivity contribution in [2.24, 2.45) is 0 Å². The number of aromatic nitrogens is 1. The Labute approximate surface area is 134 Å². The lowest BCUT2D eigenvalue weighted by molar-refractivity contribution is 0.0282. The van der Waals surface area contributed by atoms with E-state index in [1.165, 1.54) is 6.07 Å². The molecule has 2 rings (SSSR count). The SMILES string of the molecule is COc1ccc(COCC(O)CNC(=O)c2cc(C)no2)cc1. The molecule has 1 aromatic heterocycles. The third kappa shape index (κ3) is 5.39. The molecule has 1 amide bonds. The van der Waals surface area contributed by atoms with Crippen LogP contribution < -0.4 is 10.1 Å². The van der Waals surface area contributed by atoms with Crippen LogP contribution in [0.25, 0.3) is 0 Å². The number of methoxy groups -OCH3 is 1. The maximum atomic E-state index is 11.7. The van der Waals surface area contributed by atoms with Gasteiger partial charge in [0.1, 0.15) is 5.75 Å². The number of benzene rings is 1. The van der Waals surface area contributed by atoms with Crippen molar-refractivity contribution in [2.45, 2.75) is 19.6 Å². The van der Waals surface area contributed by atoms with E-state index in [0.29, 0.717) is 12.3 Å². The maximum absolute atomic E-state index is 11.7. The Hall–Kier alpha value is -2.38. The van der Waals surface area contributed by atoms with Crippen LogP contribution in [-0.2, 0) is 11.3 Å². The average Bonchev–Trinajstić information content (AvgIpc) is 3.00. The second-order valence-electron chi connectivity index (χ2n) is 5.06. The van der Waals surface area contributed by atoms with Gasteiger partial charge in [0.25, 0.3) is 5.91 Å². The molecule has 1 unspecified atom stereocenters. The first kappa shape index (κ1) is 17.0. The van der Waals surface area contributed by atoms with Gasteiger partial charge >= 0.3 is 0 Å². The van der Waals surface area contributed by atoms with E-state index in [2.05, 4.69) is 10.5 Å². The van der Waals surface area contributed by atoms with Gasteiger partial charge in [-0.15, -0.1) is 0 Å². The first-order valence-corrected chi connectivity index (χ1v) is 7.18. The van der Waals surface area contributed by atoms with Crippen LogP contribution in [-0.4, -0.2) is 42.5 Å². The summed E-state index contributed by atoms with van der Waals surface area (Å²) in [5.41, 5.74) is 1.60. The van der Waals surface area contributed by atoms with Crippen LogP contribution in [0.5, 0.6) is 5.75 Å².